The van der Waals surface area contributed by atoms with E-state index in [1.807, 2.05) is 6.92 Å². The molecule has 1 aromatic rings. The second-order valence-electron chi connectivity index (χ2n) is 4.98. The summed E-state index contributed by atoms with van der Waals surface area (Å²) in [5.41, 5.74) is 0. The van der Waals surface area contributed by atoms with Gasteiger partial charge in [-0.05, 0) is 34.8 Å². The van der Waals surface area contributed by atoms with Gasteiger partial charge in [0.1, 0.15) is 4.90 Å². The average molecular weight is 401 g/mol. The summed E-state index contributed by atoms with van der Waals surface area (Å²) < 4.78 is 28.1. The Hall–Kier alpha value is 0.380. The zero-order valence-corrected chi connectivity index (χ0v) is 15.4. The van der Waals surface area contributed by atoms with Crippen molar-refractivity contribution in [2.24, 2.45) is 0 Å². The number of hydrogen-bond acceptors (Lipinski definition) is 3. The molecule has 1 aromatic heterocycles. The van der Waals surface area contributed by atoms with Crippen molar-refractivity contribution in [3.63, 3.8) is 0 Å². The first kappa shape index (κ1) is 16.7. The maximum atomic E-state index is 12.9. The molecule has 1 fully saturated rings. The standard InChI is InChI=1S/C13H19BrClNO2S2/c1-2-16(10-6-4-3-5-7-10)20(17,18)12-8-11(9-15)19-13(12)14/h8,10H,2-7,9H2,1H3. The molecular weight excluding hydrogens is 382 g/mol. The van der Waals surface area contributed by atoms with Crippen LogP contribution in [0.25, 0.3) is 0 Å². The molecule has 3 nitrogen and oxygen atoms in total. The third-order valence-electron chi connectivity index (χ3n) is 3.72. The SMILES string of the molecule is CCN(C1CCCCC1)S(=O)(=O)c1cc(CCl)sc1Br. The molecule has 0 amide bonds. The highest BCUT2D eigenvalue weighted by Crippen LogP contribution is 2.36. The summed E-state index contributed by atoms with van der Waals surface area (Å²) >= 11 is 10.6. The fourth-order valence-electron chi connectivity index (χ4n) is 2.76. The molecular formula is C13H19BrClNO2S2. The fourth-order valence-corrected chi connectivity index (χ4v) is 7.18. The van der Waals surface area contributed by atoms with Gasteiger partial charge in [-0.15, -0.1) is 22.9 Å². The number of sulfonamides is 1. The molecule has 0 radical (unpaired) electrons. The minimum absolute atomic E-state index is 0.144. The molecule has 1 heterocycles. The predicted octanol–water partition coefficient (Wildman–Crippen LogP) is 4.59. The first-order valence-electron chi connectivity index (χ1n) is 6.86. The number of rotatable bonds is 5. The molecule has 0 bridgehead atoms. The van der Waals surface area contributed by atoms with Crippen molar-refractivity contribution < 1.29 is 8.42 Å². The van der Waals surface area contributed by atoms with Crippen LogP contribution in [-0.2, 0) is 15.9 Å². The van der Waals surface area contributed by atoms with Gasteiger partial charge in [0.2, 0.25) is 10.0 Å². The van der Waals surface area contributed by atoms with E-state index < -0.39 is 10.0 Å². The van der Waals surface area contributed by atoms with Crippen molar-refractivity contribution in [2.45, 2.75) is 55.8 Å². The molecule has 0 saturated heterocycles. The number of thiophene rings is 1. The third kappa shape index (κ3) is 3.40. The fraction of sp³-hybridized carbons (Fsp3) is 0.692. The maximum Gasteiger partial charge on any atom is 0.245 e. The van der Waals surface area contributed by atoms with E-state index in [1.165, 1.54) is 17.8 Å². The van der Waals surface area contributed by atoms with Gasteiger partial charge in [-0.1, -0.05) is 26.2 Å². The molecule has 0 N–H and O–H groups in total. The Morgan fingerprint density at radius 1 is 1.40 bits per heavy atom. The van der Waals surface area contributed by atoms with Crippen molar-refractivity contribution in [1.82, 2.24) is 4.31 Å². The highest BCUT2D eigenvalue weighted by molar-refractivity contribution is 9.11. The van der Waals surface area contributed by atoms with Crippen molar-refractivity contribution in [1.29, 1.82) is 0 Å². The second kappa shape index (κ2) is 7.09. The number of hydrogen-bond donors (Lipinski definition) is 0. The number of alkyl halides is 1. The van der Waals surface area contributed by atoms with Crippen molar-refractivity contribution in [3.05, 3.63) is 14.7 Å². The Morgan fingerprint density at radius 3 is 2.55 bits per heavy atom. The molecule has 20 heavy (non-hydrogen) atoms. The molecule has 0 spiro atoms. The normalized spacial score (nSPS) is 17.8. The van der Waals surface area contributed by atoms with E-state index in [1.54, 1.807) is 10.4 Å². The molecule has 0 aliphatic heterocycles. The summed E-state index contributed by atoms with van der Waals surface area (Å²) in [6.07, 6.45) is 5.39. The van der Waals surface area contributed by atoms with Gasteiger partial charge in [0.05, 0.1) is 9.67 Å². The van der Waals surface area contributed by atoms with E-state index in [0.717, 1.165) is 30.6 Å². The number of halogens is 2. The molecule has 1 aliphatic rings. The minimum Gasteiger partial charge on any atom is -0.207 e. The van der Waals surface area contributed by atoms with Gasteiger partial charge < -0.3 is 0 Å². The Kier molecular flexibility index (Phi) is 5.94. The first-order chi connectivity index (χ1) is 9.50. The van der Waals surface area contributed by atoms with Gasteiger partial charge in [-0.3, -0.25) is 0 Å². The Labute approximate surface area is 138 Å². The van der Waals surface area contributed by atoms with Gasteiger partial charge in [0.15, 0.2) is 0 Å². The first-order valence-corrected chi connectivity index (χ1v) is 10.4. The largest absolute Gasteiger partial charge is 0.245 e. The van der Waals surface area contributed by atoms with E-state index in [0.29, 0.717) is 21.1 Å². The number of nitrogens with zero attached hydrogens (tertiary/aromatic N) is 1. The topological polar surface area (TPSA) is 37.4 Å². The summed E-state index contributed by atoms with van der Waals surface area (Å²) in [6, 6.07) is 1.84. The van der Waals surface area contributed by atoms with Gasteiger partial charge >= 0.3 is 0 Å². The van der Waals surface area contributed by atoms with Gasteiger partial charge in [0, 0.05) is 17.5 Å². The molecule has 1 aliphatic carbocycles. The Morgan fingerprint density at radius 2 is 2.05 bits per heavy atom. The lowest BCUT2D eigenvalue weighted by Crippen LogP contribution is -2.41. The Balaban J connectivity index is 2.32. The second-order valence-corrected chi connectivity index (χ2v) is 9.57. The van der Waals surface area contributed by atoms with E-state index in [4.69, 9.17) is 11.6 Å². The summed E-state index contributed by atoms with van der Waals surface area (Å²) in [5.74, 6) is 0.342. The van der Waals surface area contributed by atoms with Crippen molar-refractivity contribution in [3.8, 4) is 0 Å². The lowest BCUT2D eigenvalue weighted by molar-refractivity contribution is 0.261. The highest BCUT2D eigenvalue weighted by Gasteiger charge is 2.33. The minimum atomic E-state index is -3.43. The molecule has 0 unspecified atom stereocenters. The van der Waals surface area contributed by atoms with Crippen LogP contribution < -0.4 is 0 Å². The van der Waals surface area contributed by atoms with Crippen molar-refractivity contribution >= 4 is 48.9 Å². The lowest BCUT2D eigenvalue weighted by Gasteiger charge is -2.32. The quantitative estimate of drug-likeness (QED) is 0.678. The van der Waals surface area contributed by atoms with E-state index >= 15 is 0 Å². The van der Waals surface area contributed by atoms with Crippen LogP contribution in [0.2, 0.25) is 0 Å². The molecule has 1 saturated carbocycles. The van der Waals surface area contributed by atoms with E-state index in [-0.39, 0.29) is 6.04 Å². The van der Waals surface area contributed by atoms with Crippen LogP contribution in [0.5, 0.6) is 0 Å². The van der Waals surface area contributed by atoms with Crippen LogP contribution >= 0.6 is 38.9 Å². The predicted molar refractivity (Wildman–Crippen MR) is 88.0 cm³/mol. The maximum absolute atomic E-state index is 12.9. The van der Waals surface area contributed by atoms with Crippen molar-refractivity contribution in [2.75, 3.05) is 6.54 Å². The molecule has 2 rings (SSSR count). The summed E-state index contributed by atoms with van der Waals surface area (Å²) in [7, 11) is -3.43. The summed E-state index contributed by atoms with van der Waals surface area (Å²) in [5, 5.41) is 0. The zero-order valence-electron chi connectivity index (χ0n) is 11.4. The van der Waals surface area contributed by atoms with Gasteiger partial charge in [0.25, 0.3) is 0 Å². The summed E-state index contributed by atoms with van der Waals surface area (Å²) in [6.45, 7) is 2.43. The van der Waals surface area contributed by atoms with Crippen LogP contribution in [0.3, 0.4) is 0 Å². The molecule has 0 aromatic carbocycles. The van der Waals surface area contributed by atoms with Gasteiger partial charge in [-0.2, -0.15) is 4.31 Å². The molecule has 114 valence electrons. The van der Waals surface area contributed by atoms with E-state index in [9.17, 15) is 8.42 Å². The monoisotopic (exact) mass is 399 g/mol. The van der Waals surface area contributed by atoms with Crippen LogP contribution in [0.4, 0.5) is 0 Å². The average Bonchev–Trinajstić information content (AvgIpc) is 2.82. The lowest BCUT2D eigenvalue weighted by atomic mass is 9.95. The van der Waals surface area contributed by atoms with Crippen LogP contribution in [0, 0.1) is 0 Å². The molecule has 7 heteroatoms. The van der Waals surface area contributed by atoms with Crippen LogP contribution in [0.1, 0.15) is 43.9 Å². The Bertz CT molecular complexity index is 553. The summed E-state index contributed by atoms with van der Waals surface area (Å²) in [4.78, 5) is 1.24. The third-order valence-corrected chi connectivity index (χ3v) is 8.44. The zero-order chi connectivity index (χ0) is 14.8. The van der Waals surface area contributed by atoms with Crippen LogP contribution in [0.15, 0.2) is 14.7 Å². The molecule has 0 atom stereocenters. The smallest absolute Gasteiger partial charge is 0.207 e. The van der Waals surface area contributed by atoms with Crippen LogP contribution in [-0.4, -0.2) is 25.3 Å². The highest BCUT2D eigenvalue weighted by atomic mass is 79.9. The van der Waals surface area contributed by atoms with Gasteiger partial charge in [-0.25, -0.2) is 8.42 Å². The van der Waals surface area contributed by atoms with E-state index in [2.05, 4.69) is 15.9 Å².